The van der Waals surface area contributed by atoms with Gasteiger partial charge in [0.05, 0.1) is 0 Å². The summed E-state index contributed by atoms with van der Waals surface area (Å²) in [4.78, 5) is 2.61. The number of rotatable bonds is 3. The first kappa shape index (κ1) is 12.6. The van der Waals surface area contributed by atoms with Crippen LogP contribution in [0.4, 0.5) is 0 Å². The normalized spacial score (nSPS) is 27.8. The van der Waals surface area contributed by atoms with Crippen LogP contribution >= 0.6 is 15.9 Å². The van der Waals surface area contributed by atoms with Crippen molar-refractivity contribution in [3.63, 3.8) is 0 Å². The van der Waals surface area contributed by atoms with Crippen molar-refractivity contribution in [2.75, 3.05) is 18.4 Å². The van der Waals surface area contributed by atoms with Crippen LogP contribution in [0.15, 0.2) is 54.6 Å². The minimum absolute atomic E-state index is 0.353. The van der Waals surface area contributed by atoms with E-state index in [1.165, 1.54) is 18.7 Å². The molecule has 0 amide bonds. The average Bonchev–Trinajstić information content (AvgIpc) is 2.81. The maximum atomic E-state index is 3.78. The highest BCUT2D eigenvalue weighted by molar-refractivity contribution is 9.09. The summed E-state index contributed by atoms with van der Waals surface area (Å²) in [5, 5.41) is 1.08. The van der Waals surface area contributed by atoms with E-state index in [4.69, 9.17) is 0 Å². The van der Waals surface area contributed by atoms with Crippen LogP contribution in [-0.2, 0) is 12.0 Å². The predicted molar refractivity (Wildman–Crippen MR) is 86.4 cm³/mol. The number of halogens is 1. The van der Waals surface area contributed by atoms with Gasteiger partial charge >= 0.3 is 0 Å². The predicted octanol–water partition coefficient (Wildman–Crippen LogP) is 3.93. The van der Waals surface area contributed by atoms with E-state index < -0.39 is 0 Å². The van der Waals surface area contributed by atoms with E-state index in [9.17, 15) is 0 Å². The second-order valence-corrected chi connectivity index (χ2v) is 6.65. The molecule has 2 aromatic carbocycles. The van der Waals surface area contributed by atoms with E-state index in [2.05, 4.69) is 75.4 Å². The zero-order valence-electron chi connectivity index (χ0n) is 11.4. The SMILES string of the molecule is BrC[C@@]12CN(Cc3ccccc3)C[C@@H]1c1ccccc12. The maximum Gasteiger partial charge on any atom is 0.0261 e. The fourth-order valence-corrected chi connectivity index (χ4v) is 4.89. The molecule has 20 heavy (non-hydrogen) atoms. The van der Waals surface area contributed by atoms with Crippen LogP contribution < -0.4 is 0 Å². The quantitative estimate of drug-likeness (QED) is 0.772. The molecule has 0 bridgehead atoms. The van der Waals surface area contributed by atoms with Gasteiger partial charge in [0, 0.05) is 36.3 Å². The molecular weight excluding hydrogens is 310 g/mol. The molecule has 0 radical (unpaired) electrons. The molecule has 1 saturated heterocycles. The van der Waals surface area contributed by atoms with Gasteiger partial charge in [0.2, 0.25) is 0 Å². The van der Waals surface area contributed by atoms with Crippen LogP contribution in [0.5, 0.6) is 0 Å². The lowest BCUT2D eigenvalue weighted by molar-refractivity contribution is 0.311. The molecule has 2 atom stereocenters. The Balaban J connectivity index is 1.59. The van der Waals surface area contributed by atoms with E-state index in [1.54, 1.807) is 11.1 Å². The van der Waals surface area contributed by atoms with Crippen molar-refractivity contribution in [2.24, 2.45) is 0 Å². The first-order valence-corrected chi connectivity index (χ1v) is 8.37. The summed E-state index contributed by atoms with van der Waals surface area (Å²) in [7, 11) is 0. The molecule has 1 nitrogen and oxygen atoms in total. The van der Waals surface area contributed by atoms with Gasteiger partial charge in [0.25, 0.3) is 0 Å². The maximum absolute atomic E-state index is 3.78. The third kappa shape index (κ3) is 1.71. The van der Waals surface area contributed by atoms with Crippen LogP contribution in [0, 0.1) is 0 Å². The number of fused-ring (bicyclic) bond motifs is 4. The third-order valence-electron chi connectivity index (χ3n) is 4.97. The van der Waals surface area contributed by atoms with Crippen LogP contribution in [0.25, 0.3) is 0 Å². The molecule has 1 aliphatic heterocycles. The number of nitrogens with zero attached hydrogens (tertiary/aromatic N) is 1. The van der Waals surface area contributed by atoms with Crippen molar-refractivity contribution < 1.29 is 0 Å². The lowest BCUT2D eigenvalue weighted by atomic mass is 9.59. The van der Waals surface area contributed by atoms with Gasteiger partial charge in [-0.15, -0.1) is 0 Å². The highest BCUT2D eigenvalue weighted by Crippen LogP contribution is 2.56. The van der Waals surface area contributed by atoms with Crippen molar-refractivity contribution in [1.29, 1.82) is 0 Å². The van der Waals surface area contributed by atoms with E-state index in [-0.39, 0.29) is 0 Å². The summed E-state index contributed by atoms with van der Waals surface area (Å²) in [5.74, 6) is 0.710. The van der Waals surface area contributed by atoms with Gasteiger partial charge in [-0.05, 0) is 16.7 Å². The highest BCUT2D eigenvalue weighted by Gasteiger charge is 2.55. The monoisotopic (exact) mass is 327 g/mol. The minimum Gasteiger partial charge on any atom is -0.298 e. The molecule has 1 fully saturated rings. The Hall–Kier alpha value is -1.12. The molecular formula is C18H18BrN. The van der Waals surface area contributed by atoms with Crippen molar-refractivity contribution in [2.45, 2.75) is 17.9 Å². The Morgan fingerprint density at radius 3 is 2.60 bits per heavy atom. The molecule has 2 aromatic rings. The summed E-state index contributed by atoms with van der Waals surface area (Å²) >= 11 is 3.78. The fourth-order valence-electron chi connectivity index (χ4n) is 4.02. The van der Waals surface area contributed by atoms with E-state index >= 15 is 0 Å². The van der Waals surface area contributed by atoms with Crippen molar-refractivity contribution in [3.05, 3.63) is 71.3 Å². The van der Waals surface area contributed by atoms with Gasteiger partial charge in [-0.2, -0.15) is 0 Å². The van der Waals surface area contributed by atoms with Crippen LogP contribution in [-0.4, -0.2) is 23.3 Å². The molecule has 2 aliphatic rings. The first-order valence-electron chi connectivity index (χ1n) is 7.25. The molecule has 1 aliphatic carbocycles. The van der Waals surface area contributed by atoms with Gasteiger partial charge in [0.15, 0.2) is 0 Å². The molecule has 0 N–H and O–H groups in total. The molecule has 2 heteroatoms. The largest absolute Gasteiger partial charge is 0.298 e. The fraction of sp³-hybridized carbons (Fsp3) is 0.333. The van der Waals surface area contributed by atoms with Gasteiger partial charge in [-0.1, -0.05) is 70.5 Å². The minimum atomic E-state index is 0.353. The van der Waals surface area contributed by atoms with Gasteiger partial charge in [-0.3, -0.25) is 4.90 Å². The Morgan fingerprint density at radius 1 is 1.05 bits per heavy atom. The summed E-state index contributed by atoms with van der Waals surface area (Å²) in [5.41, 5.74) is 4.91. The van der Waals surface area contributed by atoms with E-state index in [0.29, 0.717) is 11.3 Å². The number of benzene rings is 2. The number of likely N-dealkylation sites (tertiary alicyclic amines) is 1. The first-order chi connectivity index (χ1) is 9.83. The van der Waals surface area contributed by atoms with Crippen molar-refractivity contribution in [3.8, 4) is 0 Å². The topological polar surface area (TPSA) is 3.24 Å². The van der Waals surface area contributed by atoms with E-state index in [0.717, 1.165) is 11.9 Å². The molecule has 4 rings (SSSR count). The van der Waals surface area contributed by atoms with Crippen molar-refractivity contribution >= 4 is 15.9 Å². The smallest absolute Gasteiger partial charge is 0.0261 e. The number of alkyl halides is 1. The third-order valence-corrected chi connectivity index (χ3v) is 5.97. The molecule has 1 heterocycles. The second kappa shape index (κ2) is 4.71. The van der Waals surface area contributed by atoms with Crippen LogP contribution in [0.3, 0.4) is 0 Å². The zero-order valence-corrected chi connectivity index (χ0v) is 13.0. The molecule has 0 spiro atoms. The molecule has 0 unspecified atom stereocenters. The summed E-state index contributed by atoms with van der Waals surface area (Å²) in [6.45, 7) is 3.44. The zero-order chi connectivity index (χ0) is 13.6. The molecule has 102 valence electrons. The Bertz CT molecular complexity index is 624. The Morgan fingerprint density at radius 2 is 1.80 bits per heavy atom. The lowest BCUT2D eigenvalue weighted by Gasteiger charge is -2.45. The molecule has 0 saturated carbocycles. The number of hydrogen-bond donors (Lipinski definition) is 0. The standard InChI is InChI=1S/C18H18BrN/c19-12-18-13-20(10-14-6-2-1-3-7-14)11-17(18)15-8-4-5-9-16(15)18/h1-9,17H,10-13H2/t17-,18+/m1/s1. The van der Waals surface area contributed by atoms with Gasteiger partial charge in [-0.25, -0.2) is 0 Å². The van der Waals surface area contributed by atoms with Gasteiger partial charge in [0.1, 0.15) is 0 Å². The summed E-state index contributed by atoms with van der Waals surface area (Å²) in [6, 6.07) is 19.8. The summed E-state index contributed by atoms with van der Waals surface area (Å²) < 4.78 is 0. The van der Waals surface area contributed by atoms with Crippen LogP contribution in [0.1, 0.15) is 22.6 Å². The Labute approximate surface area is 128 Å². The van der Waals surface area contributed by atoms with Crippen molar-refractivity contribution in [1.82, 2.24) is 4.90 Å². The van der Waals surface area contributed by atoms with E-state index in [1.807, 2.05) is 0 Å². The Kier molecular flexibility index (Phi) is 2.97. The molecule has 0 aromatic heterocycles. The van der Waals surface area contributed by atoms with Gasteiger partial charge < -0.3 is 0 Å². The average molecular weight is 328 g/mol. The lowest BCUT2D eigenvalue weighted by Crippen LogP contribution is -2.44. The number of hydrogen-bond acceptors (Lipinski definition) is 1. The highest BCUT2D eigenvalue weighted by atomic mass is 79.9. The van der Waals surface area contributed by atoms with Crippen LogP contribution in [0.2, 0.25) is 0 Å². The second-order valence-electron chi connectivity index (χ2n) is 6.08. The summed E-state index contributed by atoms with van der Waals surface area (Å²) in [6.07, 6.45) is 0.